The third-order valence-electron chi connectivity index (χ3n) is 4.04. The summed E-state index contributed by atoms with van der Waals surface area (Å²) in [6, 6.07) is 6.99. The molecule has 1 aromatic rings. The second-order valence-electron chi connectivity index (χ2n) is 6.09. The highest BCUT2D eigenvalue weighted by molar-refractivity contribution is 8.24. The molecule has 2 rings (SSSR count). The van der Waals surface area contributed by atoms with Gasteiger partial charge in [0, 0.05) is 5.75 Å². The Morgan fingerprint density at radius 2 is 1.91 bits per heavy atom. The lowest BCUT2D eigenvalue weighted by Crippen LogP contribution is -2.48. The molecule has 22 heavy (non-hydrogen) atoms. The van der Waals surface area contributed by atoms with E-state index in [1.165, 1.54) is 16.1 Å². The van der Waals surface area contributed by atoms with Crippen molar-refractivity contribution in [2.45, 2.75) is 56.9 Å². The second-order valence-corrected chi connectivity index (χ2v) is 9.49. The van der Waals surface area contributed by atoms with Crippen molar-refractivity contribution >= 4 is 38.3 Å². The minimum Gasteiger partial charge on any atom is -0.244 e. The van der Waals surface area contributed by atoms with Gasteiger partial charge in [-0.2, -0.15) is 0 Å². The van der Waals surface area contributed by atoms with Crippen LogP contribution in [-0.4, -0.2) is 28.3 Å². The maximum Gasteiger partial charge on any atom is 0.265 e. The Hall–Kier alpha value is -0.590. The molecule has 0 bridgehead atoms. The molecule has 1 unspecified atom stereocenters. The number of sulfonamides is 1. The molecule has 6 heteroatoms. The zero-order valence-corrected chi connectivity index (χ0v) is 15.8. The first-order chi connectivity index (χ1) is 10.3. The van der Waals surface area contributed by atoms with E-state index in [1.54, 1.807) is 12.1 Å². The molecule has 0 radical (unpaired) electrons. The van der Waals surface area contributed by atoms with Gasteiger partial charge in [0.05, 0.1) is 10.4 Å². The van der Waals surface area contributed by atoms with Crippen molar-refractivity contribution in [2.24, 2.45) is 0 Å². The normalized spacial score (nSPS) is 22.3. The van der Waals surface area contributed by atoms with Crippen LogP contribution in [0.3, 0.4) is 0 Å². The van der Waals surface area contributed by atoms with Gasteiger partial charge in [-0.1, -0.05) is 67.9 Å². The van der Waals surface area contributed by atoms with Gasteiger partial charge >= 0.3 is 0 Å². The van der Waals surface area contributed by atoms with Crippen LogP contribution in [0, 0.1) is 6.92 Å². The van der Waals surface area contributed by atoms with Gasteiger partial charge in [-0.25, -0.2) is 12.7 Å². The van der Waals surface area contributed by atoms with E-state index in [1.807, 2.05) is 26.0 Å². The van der Waals surface area contributed by atoms with Crippen LogP contribution < -0.4 is 0 Å². The van der Waals surface area contributed by atoms with E-state index in [4.69, 9.17) is 12.2 Å². The van der Waals surface area contributed by atoms with Crippen molar-refractivity contribution in [2.75, 3.05) is 5.75 Å². The number of benzene rings is 1. The third kappa shape index (κ3) is 3.49. The SMILES string of the molecule is CCCCCC1(C)CSC(=S)N1S(=O)(=O)c1ccc(C)cc1. The number of aryl methyl sites for hydroxylation is 1. The molecule has 0 saturated carbocycles. The number of thioether (sulfide) groups is 1. The van der Waals surface area contributed by atoms with Crippen LogP contribution in [0.25, 0.3) is 0 Å². The zero-order chi connectivity index (χ0) is 16.4. The highest BCUT2D eigenvalue weighted by Gasteiger charge is 2.46. The minimum absolute atomic E-state index is 0.324. The standard InChI is InChI=1S/C16H23NO2S3/c1-4-5-6-11-16(3)12-21-15(20)17(16)22(18,19)14-9-7-13(2)8-10-14/h7-10H,4-6,11-12H2,1-3H3. The van der Waals surface area contributed by atoms with Crippen LogP contribution in [0.1, 0.15) is 45.1 Å². The fourth-order valence-electron chi connectivity index (χ4n) is 2.69. The maximum atomic E-state index is 13.0. The lowest BCUT2D eigenvalue weighted by atomic mass is 9.97. The maximum absolute atomic E-state index is 13.0. The summed E-state index contributed by atoms with van der Waals surface area (Å²) < 4.78 is 28.0. The number of hydrogen-bond acceptors (Lipinski definition) is 4. The van der Waals surface area contributed by atoms with Crippen LogP contribution >= 0.6 is 24.0 Å². The molecule has 0 amide bonds. The fourth-order valence-corrected chi connectivity index (χ4v) is 6.58. The zero-order valence-electron chi connectivity index (χ0n) is 13.3. The fraction of sp³-hybridized carbons (Fsp3) is 0.562. The lowest BCUT2D eigenvalue weighted by Gasteiger charge is -2.34. The Bertz CT molecular complexity index is 640. The Labute approximate surface area is 143 Å². The Balaban J connectivity index is 2.33. The first kappa shape index (κ1) is 17.8. The van der Waals surface area contributed by atoms with Crippen molar-refractivity contribution < 1.29 is 8.42 Å². The summed E-state index contributed by atoms with van der Waals surface area (Å²) in [5.74, 6) is 0.737. The molecule has 122 valence electrons. The highest BCUT2D eigenvalue weighted by Crippen LogP contribution is 2.40. The summed E-state index contributed by atoms with van der Waals surface area (Å²) in [5, 5.41) is 0. The van der Waals surface area contributed by atoms with Crippen LogP contribution in [-0.2, 0) is 10.0 Å². The summed E-state index contributed by atoms with van der Waals surface area (Å²) in [7, 11) is -3.58. The van der Waals surface area contributed by atoms with E-state index >= 15 is 0 Å². The minimum atomic E-state index is -3.58. The summed E-state index contributed by atoms with van der Waals surface area (Å²) in [5.41, 5.74) is 0.628. The van der Waals surface area contributed by atoms with Gasteiger partial charge in [0.1, 0.15) is 0 Å². The van der Waals surface area contributed by atoms with E-state index in [0.29, 0.717) is 9.22 Å². The van der Waals surface area contributed by atoms with Gasteiger partial charge < -0.3 is 0 Å². The van der Waals surface area contributed by atoms with Gasteiger partial charge in [0.15, 0.2) is 4.32 Å². The smallest absolute Gasteiger partial charge is 0.244 e. The molecule has 1 aliphatic rings. The van der Waals surface area contributed by atoms with E-state index in [2.05, 4.69) is 6.92 Å². The molecule has 0 aromatic heterocycles. The number of nitrogens with zero attached hydrogens (tertiary/aromatic N) is 1. The molecule has 0 N–H and O–H groups in total. The Morgan fingerprint density at radius 3 is 2.50 bits per heavy atom. The number of thiocarbonyl (C=S) groups is 1. The molecule has 1 aromatic carbocycles. The van der Waals surface area contributed by atoms with E-state index in [-0.39, 0.29) is 0 Å². The summed E-state index contributed by atoms with van der Waals surface area (Å²) in [4.78, 5) is 0.324. The van der Waals surface area contributed by atoms with Gasteiger partial charge in [0.25, 0.3) is 10.0 Å². The van der Waals surface area contributed by atoms with Gasteiger partial charge in [-0.05, 0) is 32.4 Å². The average Bonchev–Trinajstić information content (AvgIpc) is 2.76. The van der Waals surface area contributed by atoms with Gasteiger partial charge in [-0.3, -0.25) is 0 Å². The Morgan fingerprint density at radius 1 is 1.27 bits per heavy atom. The van der Waals surface area contributed by atoms with Crippen molar-refractivity contribution in [3.05, 3.63) is 29.8 Å². The third-order valence-corrected chi connectivity index (χ3v) is 7.98. The van der Waals surface area contributed by atoms with E-state index < -0.39 is 15.6 Å². The number of hydrogen-bond donors (Lipinski definition) is 0. The van der Waals surface area contributed by atoms with Gasteiger partial charge in [0.2, 0.25) is 0 Å². The largest absolute Gasteiger partial charge is 0.265 e. The van der Waals surface area contributed by atoms with Crippen molar-refractivity contribution in [3.63, 3.8) is 0 Å². The monoisotopic (exact) mass is 357 g/mol. The van der Waals surface area contributed by atoms with Crippen LogP contribution in [0.2, 0.25) is 0 Å². The molecule has 0 spiro atoms. The molecule has 0 aliphatic carbocycles. The van der Waals surface area contributed by atoms with Crippen molar-refractivity contribution in [3.8, 4) is 0 Å². The molecule has 1 aliphatic heterocycles. The Kier molecular flexibility index (Phi) is 5.56. The van der Waals surface area contributed by atoms with Crippen molar-refractivity contribution in [1.29, 1.82) is 0 Å². The number of unbranched alkanes of at least 4 members (excludes halogenated alkanes) is 2. The molecule has 1 atom stereocenters. The van der Waals surface area contributed by atoms with E-state index in [0.717, 1.165) is 37.0 Å². The predicted octanol–water partition coefficient (Wildman–Crippen LogP) is 4.36. The first-order valence-corrected chi connectivity index (χ1v) is 10.4. The summed E-state index contributed by atoms with van der Waals surface area (Å²) in [6.45, 7) is 6.11. The lowest BCUT2D eigenvalue weighted by molar-refractivity contribution is 0.307. The second kappa shape index (κ2) is 6.89. The molecular formula is C16H23NO2S3. The highest BCUT2D eigenvalue weighted by atomic mass is 32.2. The predicted molar refractivity (Wildman–Crippen MR) is 97.8 cm³/mol. The van der Waals surface area contributed by atoms with Crippen LogP contribution in [0.5, 0.6) is 0 Å². The summed E-state index contributed by atoms with van der Waals surface area (Å²) in [6.07, 6.45) is 4.11. The van der Waals surface area contributed by atoms with E-state index in [9.17, 15) is 8.42 Å². The molecule has 1 fully saturated rings. The molecule has 1 heterocycles. The quantitative estimate of drug-likeness (QED) is 0.560. The van der Waals surface area contributed by atoms with Crippen LogP contribution in [0.4, 0.5) is 0 Å². The molecule has 1 saturated heterocycles. The first-order valence-electron chi connectivity index (χ1n) is 7.60. The van der Waals surface area contributed by atoms with Gasteiger partial charge in [-0.15, -0.1) is 0 Å². The number of rotatable bonds is 6. The topological polar surface area (TPSA) is 37.4 Å². The molecule has 3 nitrogen and oxygen atoms in total. The van der Waals surface area contributed by atoms with Crippen LogP contribution in [0.15, 0.2) is 29.2 Å². The van der Waals surface area contributed by atoms with Crippen molar-refractivity contribution in [1.82, 2.24) is 4.31 Å². The summed E-state index contributed by atoms with van der Waals surface area (Å²) >= 11 is 6.83. The average molecular weight is 358 g/mol. The molecular weight excluding hydrogens is 334 g/mol.